The van der Waals surface area contributed by atoms with E-state index >= 15 is 0 Å². The van der Waals surface area contributed by atoms with Gasteiger partial charge in [0.15, 0.2) is 5.13 Å². The Hall–Kier alpha value is -1.31. The summed E-state index contributed by atoms with van der Waals surface area (Å²) < 4.78 is 36.6. The number of thiazole rings is 1. The highest BCUT2D eigenvalue weighted by molar-refractivity contribution is 7.15. The molecule has 2 N–H and O–H groups in total. The van der Waals surface area contributed by atoms with Gasteiger partial charge in [-0.2, -0.15) is 13.2 Å². The lowest BCUT2D eigenvalue weighted by atomic mass is 10.5. The highest BCUT2D eigenvalue weighted by atomic mass is 32.1. The van der Waals surface area contributed by atoms with E-state index in [1.54, 1.807) is 0 Å². The van der Waals surface area contributed by atoms with Gasteiger partial charge in [0.2, 0.25) is 5.91 Å². The van der Waals surface area contributed by atoms with Gasteiger partial charge in [0.25, 0.3) is 0 Å². The number of hydrogen-bond acceptors (Lipinski definition) is 4. The Labute approximate surface area is 87.5 Å². The summed E-state index contributed by atoms with van der Waals surface area (Å²) in [4.78, 5) is 14.5. The second-order valence-electron chi connectivity index (χ2n) is 2.83. The number of carbonyl (C=O) groups excluding carboxylic acids is 1. The van der Waals surface area contributed by atoms with Gasteiger partial charge in [-0.25, -0.2) is 4.98 Å². The average molecular weight is 239 g/mol. The molecule has 1 heterocycles. The highest BCUT2D eigenvalue weighted by Crippen LogP contribution is 2.35. The zero-order chi connectivity index (χ0) is 11.6. The molecule has 84 valence electrons. The Balaban J connectivity index is 2.80. The van der Waals surface area contributed by atoms with Crippen LogP contribution in [-0.2, 0) is 11.0 Å². The van der Waals surface area contributed by atoms with Gasteiger partial charge < -0.3 is 10.6 Å². The van der Waals surface area contributed by atoms with Crippen LogP contribution in [0.2, 0.25) is 0 Å². The monoisotopic (exact) mass is 239 g/mol. The second-order valence-corrected chi connectivity index (χ2v) is 3.84. The molecule has 0 fully saturated rings. The molecule has 8 heteroatoms. The van der Waals surface area contributed by atoms with Crippen LogP contribution in [0, 0.1) is 0 Å². The normalized spacial score (nSPS) is 11.5. The van der Waals surface area contributed by atoms with Crippen molar-refractivity contribution in [1.82, 2.24) is 4.98 Å². The smallest absolute Gasteiger partial charge is 0.368 e. The Bertz CT molecular complexity index is 363. The van der Waals surface area contributed by atoms with Crippen LogP contribution in [-0.4, -0.2) is 24.5 Å². The molecule has 1 rings (SSSR count). The molecule has 0 radical (unpaired) electrons. The molecular formula is C7H8F3N3OS. The first kappa shape index (κ1) is 11.8. The molecule has 0 spiro atoms. The number of rotatable bonds is 3. The fraction of sp³-hybridized carbons (Fsp3) is 0.429. The third kappa shape index (κ3) is 3.08. The number of nitrogens with zero attached hydrogens (tertiary/aromatic N) is 2. The molecule has 0 saturated heterocycles. The minimum Gasteiger partial charge on any atom is -0.368 e. The number of halogens is 3. The van der Waals surface area contributed by atoms with Crippen LogP contribution >= 0.6 is 11.3 Å². The van der Waals surface area contributed by atoms with Crippen molar-refractivity contribution in [1.29, 1.82) is 0 Å². The van der Waals surface area contributed by atoms with Crippen molar-refractivity contribution in [3.8, 4) is 0 Å². The van der Waals surface area contributed by atoms with Gasteiger partial charge >= 0.3 is 6.18 Å². The highest BCUT2D eigenvalue weighted by Gasteiger charge is 2.33. The van der Waals surface area contributed by atoms with Crippen molar-refractivity contribution in [3.05, 3.63) is 11.1 Å². The SMILES string of the molecule is CN(CC(N)=O)c1ncc(C(F)(F)F)s1. The van der Waals surface area contributed by atoms with E-state index in [9.17, 15) is 18.0 Å². The molecule has 0 bridgehead atoms. The number of likely N-dealkylation sites (N-methyl/N-ethyl adjacent to an activating group) is 1. The van der Waals surface area contributed by atoms with Crippen molar-refractivity contribution < 1.29 is 18.0 Å². The van der Waals surface area contributed by atoms with Gasteiger partial charge in [-0.1, -0.05) is 11.3 Å². The molecule has 1 amide bonds. The standard InChI is InChI=1S/C7H8F3N3OS/c1-13(3-5(11)14)6-12-2-4(15-6)7(8,9)10/h2H,3H2,1H3,(H2,11,14). The van der Waals surface area contributed by atoms with E-state index in [0.717, 1.165) is 6.20 Å². The summed E-state index contributed by atoms with van der Waals surface area (Å²) in [5, 5.41) is 0.112. The molecule has 15 heavy (non-hydrogen) atoms. The Morgan fingerprint density at radius 1 is 1.67 bits per heavy atom. The van der Waals surface area contributed by atoms with E-state index in [1.165, 1.54) is 11.9 Å². The summed E-state index contributed by atoms with van der Waals surface area (Å²) >= 11 is 0.472. The molecule has 0 unspecified atom stereocenters. The van der Waals surface area contributed by atoms with Crippen molar-refractivity contribution in [2.45, 2.75) is 6.18 Å². The van der Waals surface area contributed by atoms with E-state index in [-0.39, 0.29) is 11.7 Å². The molecule has 0 aliphatic heterocycles. The van der Waals surface area contributed by atoms with Gasteiger partial charge in [-0.3, -0.25) is 4.79 Å². The molecular weight excluding hydrogens is 231 g/mol. The summed E-state index contributed by atoms with van der Waals surface area (Å²) in [6.07, 6.45) is -3.67. The zero-order valence-electron chi connectivity index (χ0n) is 7.71. The third-order valence-corrected chi connectivity index (χ3v) is 2.65. The number of nitrogens with two attached hydrogens (primary N) is 1. The first-order chi connectivity index (χ1) is 6.80. The Morgan fingerprint density at radius 2 is 2.27 bits per heavy atom. The number of alkyl halides is 3. The lowest BCUT2D eigenvalue weighted by molar-refractivity contribution is -0.134. The number of carbonyl (C=O) groups is 1. The number of aromatic nitrogens is 1. The Morgan fingerprint density at radius 3 is 2.67 bits per heavy atom. The van der Waals surface area contributed by atoms with Gasteiger partial charge in [0, 0.05) is 7.05 Å². The summed E-state index contributed by atoms with van der Waals surface area (Å²) in [6.45, 7) is -0.162. The minimum atomic E-state index is -4.40. The molecule has 0 aliphatic rings. The average Bonchev–Trinajstić information content (AvgIpc) is 2.48. The van der Waals surface area contributed by atoms with Crippen molar-refractivity contribution >= 4 is 22.4 Å². The summed E-state index contributed by atoms with van der Waals surface area (Å²) in [7, 11) is 1.45. The van der Waals surface area contributed by atoms with Crippen LogP contribution in [0.5, 0.6) is 0 Å². The fourth-order valence-electron chi connectivity index (χ4n) is 0.874. The van der Waals surface area contributed by atoms with Crippen molar-refractivity contribution in [2.75, 3.05) is 18.5 Å². The summed E-state index contributed by atoms with van der Waals surface area (Å²) in [6, 6.07) is 0. The van der Waals surface area contributed by atoms with Crippen LogP contribution in [0.4, 0.5) is 18.3 Å². The number of hydrogen-bond donors (Lipinski definition) is 1. The first-order valence-electron chi connectivity index (χ1n) is 3.83. The predicted molar refractivity (Wildman–Crippen MR) is 49.6 cm³/mol. The van der Waals surface area contributed by atoms with E-state index in [1.807, 2.05) is 0 Å². The predicted octanol–water partition coefficient (Wildman–Crippen LogP) is 1.08. The summed E-state index contributed by atoms with van der Waals surface area (Å²) in [5.41, 5.74) is 4.90. The number of primary amides is 1. The second kappa shape index (κ2) is 4.05. The van der Waals surface area contributed by atoms with E-state index < -0.39 is 17.0 Å². The number of amides is 1. The topological polar surface area (TPSA) is 59.2 Å². The van der Waals surface area contributed by atoms with Gasteiger partial charge in [-0.15, -0.1) is 0 Å². The van der Waals surface area contributed by atoms with Gasteiger partial charge in [-0.05, 0) is 0 Å². The van der Waals surface area contributed by atoms with Crippen molar-refractivity contribution in [3.63, 3.8) is 0 Å². The van der Waals surface area contributed by atoms with Crippen LogP contribution in [0.15, 0.2) is 6.20 Å². The molecule has 1 aromatic rings. The van der Waals surface area contributed by atoms with Crippen molar-refractivity contribution in [2.24, 2.45) is 5.73 Å². The third-order valence-electron chi connectivity index (χ3n) is 1.49. The quantitative estimate of drug-likeness (QED) is 0.858. The fourth-order valence-corrected chi connectivity index (χ4v) is 1.62. The van der Waals surface area contributed by atoms with Crippen LogP contribution in [0.1, 0.15) is 4.88 Å². The molecule has 0 atom stereocenters. The van der Waals surface area contributed by atoms with E-state index in [2.05, 4.69) is 4.98 Å². The molecule has 0 aliphatic carbocycles. The van der Waals surface area contributed by atoms with Crippen LogP contribution in [0.25, 0.3) is 0 Å². The van der Waals surface area contributed by atoms with E-state index in [0.29, 0.717) is 11.3 Å². The van der Waals surface area contributed by atoms with Crippen LogP contribution in [0.3, 0.4) is 0 Å². The molecule has 4 nitrogen and oxygen atoms in total. The maximum absolute atomic E-state index is 12.2. The molecule has 1 aromatic heterocycles. The van der Waals surface area contributed by atoms with Crippen LogP contribution < -0.4 is 10.6 Å². The lowest BCUT2D eigenvalue weighted by Gasteiger charge is -2.12. The minimum absolute atomic E-state index is 0.112. The molecule has 0 aromatic carbocycles. The number of anilines is 1. The maximum Gasteiger partial charge on any atom is 0.427 e. The Kier molecular flexibility index (Phi) is 3.18. The first-order valence-corrected chi connectivity index (χ1v) is 4.65. The zero-order valence-corrected chi connectivity index (χ0v) is 8.52. The van der Waals surface area contributed by atoms with Gasteiger partial charge in [0.1, 0.15) is 4.88 Å². The largest absolute Gasteiger partial charge is 0.427 e. The van der Waals surface area contributed by atoms with Gasteiger partial charge in [0.05, 0.1) is 12.7 Å². The lowest BCUT2D eigenvalue weighted by Crippen LogP contribution is -2.30. The summed E-state index contributed by atoms with van der Waals surface area (Å²) in [5.74, 6) is -0.624. The maximum atomic E-state index is 12.2. The molecule has 0 saturated carbocycles. The van der Waals surface area contributed by atoms with E-state index in [4.69, 9.17) is 5.73 Å².